The monoisotopic (exact) mass is 284 g/mol. The van der Waals surface area contributed by atoms with Crippen LogP contribution in [0.15, 0.2) is 24.3 Å². The van der Waals surface area contributed by atoms with Crippen molar-refractivity contribution in [3.05, 3.63) is 35.4 Å². The van der Waals surface area contributed by atoms with Crippen molar-refractivity contribution in [2.75, 3.05) is 13.1 Å². The summed E-state index contributed by atoms with van der Waals surface area (Å²) in [5.74, 6) is -0.00438. The zero-order valence-corrected chi connectivity index (χ0v) is 12.0. The Kier molecular flexibility index (Phi) is 5.46. The van der Waals surface area contributed by atoms with Gasteiger partial charge in [0.2, 0.25) is 0 Å². The molecule has 0 unspecified atom stereocenters. The number of nitrogen functional groups attached to an aromatic ring is 1. The zero-order valence-electron chi connectivity index (χ0n) is 11.2. The van der Waals surface area contributed by atoms with E-state index in [-0.39, 0.29) is 12.4 Å². The highest BCUT2D eigenvalue weighted by atomic mass is 32.2. The highest BCUT2D eigenvalue weighted by molar-refractivity contribution is 7.87. The van der Waals surface area contributed by atoms with E-state index in [0.717, 1.165) is 5.56 Å². The van der Waals surface area contributed by atoms with E-state index in [2.05, 4.69) is 4.72 Å². The molecule has 19 heavy (non-hydrogen) atoms. The average Bonchev–Trinajstić information content (AvgIpc) is 2.38. The molecule has 1 rings (SSSR count). The summed E-state index contributed by atoms with van der Waals surface area (Å²) in [5, 5.41) is 7.27. The van der Waals surface area contributed by atoms with Crippen LogP contribution in [0.3, 0.4) is 0 Å². The van der Waals surface area contributed by atoms with Crippen molar-refractivity contribution in [1.82, 2.24) is 9.03 Å². The number of benzene rings is 1. The van der Waals surface area contributed by atoms with Gasteiger partial charge < -0.3 is 5.73 Å². The predicted molar refractivity (Wildman–Crippen MR) is 76.1 cm³/mol. The molecule has 0 aromatic heterocycles. The van der Waals surface area contributed by atoms with Gasteiger partial charge in [0.25, 0.3) is 10.2 Å². The van der Waals surface area contributed by atoms with Gasteiger partial charge in [-0.2, -0.15) is 17.4 Å². The van der Waals surface area contributed by atoms with E-state index >= 15 is 0 Å². The Morgan fingerprint density at radius 1 is 1.26 bits per heavy atom. The third kappa shape index (κ3) is 4.30. The molecule has 0 amide bonds. The van der Waals surface area contributed by atoms with E-state index < -0.39 is 10.2 Å². The molecular weight excluding hydrogens is 264 g/mol. The van der Waals surface area contributed by atoms with E-state index in [1.54, 1.807) is 38.1 Å². The standard InChI is InChI=1S/C12H20N4O2S/c1-3-16(4-2)19(17,18)15-9-10-5-7-11(8-6-10)12(13)14/h5-8,15H,3-4,9H2,1-2H3,(H3,13,14). The second-order valence-corrected chi connectivity index (χ2v) is 5.78. The first-order chi connectivity index (χ1) is 8.90. The highest BCUT2D eigenvalue weighted by Crippen LogP contribution is 2.05. The third-order valence-electron chi connectivity index (χ3n) is 2.77. The first-order valence-corrected chi connectivity index (χ1v) is 7.52. The Morgan fingerprint density at radius 2 is 1.79 bits per heavy atom. The maximum atomic E-state index is 11.9. The second-order valence-electron chi connectivity index (χ2n) is 4.02. The van der Waals surface area contributed by atoms with Crippen LogP contribution in [0.2, 0.25) is 0 Å². The Morgan fingerprint density at radius 3 is 2.21 bits per heavy atom. The van der Waals surface area contributed by atoms with Crippen molar-refractivity contribution in [1.29, 1.82) is 5.41 Å². The van der Waals surface area contributed by atoms with Gasteiger partial charge in [0.15, 0.2) is 0 Å². The summed E-state index contributed by atoms with van der Waals surface area (Å²) >= 11 is 0. The van der Waals surface area contributed by atoms with Gasteiger partial charge in [-0.05, 0) is 5.56 Å². The molecule has 0 spiro atoms. The number of nitrogens with two attached hydrogens (primary N) is 1. The molecule has 0 fully saturated rings. The van der Waals surface area contributed by atoms with E-state index in [0.29, 0.717) is 18.7 Å². The number of amidine groups is 1. The molecular formula is C12H20N4O2S. The number of nitrogens with one attached hydrogen (secondary N) is 2. The van der Waals surface area contributed by atoms with E-state index in [9.17, 15) is 8.42 Å². The maximum absolute atomic E-state index is 11.9. The smallest absolute Gasteiger partial charge is 0.279 e. The van der Waals surface area contributed by atoms with Gasteiger partial charge in [-0.25, -0.2) is 0 Å². The lowest BCUT2D eigenvalue weighted by molar-refractivity contribution is 0.434. The van der Waals surface area contributed by atoms with Crippen molar-refractivity contribution < 1.29 is 8.42 Å². The Labute approximate surface area is 114 Å². The van der Waals surface area contributed by atoms with Crippen molar-refractivity contribution in [2.45, 2.75) is 20.4 Å². The number of rotatable bonds is 7. The molecule has 7 heteroatoms. The van der Waals surface area contributed by atoms with Crippen LogP contribution in [-0.4, -0.2) is 31.6 Å². The van der Waals surface area contributed by atoms with Gasteiger partial charge in [-0.15, -0.1) is 0 Å². The molecule has 0 saturated carbocycles. The number of nitrogens with zero attached hydrogens (tertiary/aromatic N) is 1. The molecule has 1 aromatic carbocycles. The first-order valence-electron chi connectivity index (χ1n) is 6.08. The summed E-state index contributed by atoms with van der Waals surface area (Å²) in [6.07, 6.45) is 0. The van der Waals surface area contributed by atoms with Crippen LogP contribution in [0, 0.1) is 5.41 Å². The minimum absolute atomic E-state index is 0.00438. The second kappa shape index (κ2) is 6.65. The molecule has 0 aliphatic heterocycles. The van der Waals surface area contributed by atoms with E-state index in [1.165, 1.54) is 4.31 Å². The summed E-state index contributed by atoms with van der Waals surface area (Å²) in [7, 11) is -3.43. The fourth-order valence-corrected chi connectivity index (χ4v) is 2.84. The summed E-state index contributed by atoms with van der Waals surface area (Å²) in [4.78, 5) is 0. The molecule has 106 valence electrons. The Balaban J connectivity index is 2.69. The average molecular weight is 284 g/mol. The van der Waals surface area contributed by atoms with Crippen molar-refractivity contribution >= 4 is 16.0 Å². The van der Waals surface area contributed by atoms with Crippen LogP contribution in [-0.2, 0) is 16.8 Å². The number of hydrogen-bond donors (Lipinski definition) is 3. The van der Waals surface area contributed by atoms with Crippen LogP contribution in [0.4, 0.5) is 0 Å². The molecule has 0 heterocycles. The molecule has 1 aromatic rings. The van der Waals surface area contributed by atoms with Gasteiger partial charge >= 0.3 is 0 Å². The molecule has 0 atom stereocenters. The van der Waals surface area contributed by atoms with Crippen molar-refractivity contribution in [2.24, 2.45) is 5.73 Å². The van der Waals surface area contributed by atoms with Crippen LogP contribution in [0.1, 0.15) is 25.0 Å². The lowest BCUT2D eigenvalue weighted by Crippen LogP contribution is -2.40. The fraction of sp³-hybridized carbons (Fsp3) is 0.417. The van der Waals surface area contributed by atoms with Gasteiger partial charge in [0.1, 0.15) is 5.84 Å². The molecule has 0 bridgehead atoms. The molecule has 0 aliphatic rings. The van der Waals surface area contributed by atoms with Gasteiger partial charge in [-0.1, -0.05) is 38.1 Å². The van der Waals surface area contributed by atoms with Crippen LogP contribution < -0.4 is 10.5 Å². The molecule has 0 aliphatic carbocycles. The minimum Gasteiger partial charge on any atom is -0.384 e. The van der Waals surface area contributed by atoms with Crippen LogP contribution in [0.25, 0.3) is 0 Å². The summed E-state index contributed by atoms with van der Waals surface area (Å²) in [6, 6.07) is 6.90. The third-order valence-corrected chi connectivity index (χ3v) is 4.47. The Hall–Kier alpha value is -1.44. The van der Waals surface area contributed by atoms with Gasteiger partial charge in [0.05, 0.1) is 0 Å². The first kappa shape index (κ1) is 15.6. The maximum Gasteiger partial charge on any atom is 0.279 e. The molecule has 0 radical (unpaired) electrons. The molecule has 6 nitrogen and oxygen atoms in total. The summed E-state index contributed by atoms with van der Waals surface area (Å²) in [6.45, 7) is 4.69. The summed E-state index contributed by atoms with van der Waals surface area (Å²) in [5.41, 5.74) is 6.79. The van der Waals surface area contributed by atoms with E-state index in [4.69, 9.17) is 11.1 Å². The van der Waals surface area contributed by atoms with Crippen molar-refractivity contribution in [3.8, 4) is 0 Å². The quantitative estimate of drug-likeness (QED) is 0.506. The predicted octanol–water partition coefficient (Wildman–Crippen LogP) is 0.647. The lowest BCUT2D eigenvalue weighted by atomic mass is 10.1. The largest absolute Gasteiger partial charge is 0.384 e. The summed E-state index contributed by atoms with van der Waals surface area (Å²) < 4.78 is 27.7. The van der Waals surface area contributed by atoms with Gasteiger partial charge in [-0.3, -0.25) is 5.41 Å². The fourth-order valence-electron chi connectivity index (χ4n) is 1.63. The molecule has 4 N–H and O–H groups in total. The highest BCUT2D eigenvalue weighted by Gasteiger charge is 2.17. The van der Waals surface area contributed by atoms with E-state index in [1.807, 2.05) is 0 Å². The zero-order chi connectivity index (χ0) is 14.5. The van der Waals surface area contributed by atoms with Crippen LogP contribution in [0.5, 0.6) is 0 Å². The minimum atomic E-state index is -3.43. The SMILES string of the molecule is CCN(CC)S(=O)(=O)NCc1ccc(C(=N)N)cc1. The Bertz CT molecular complexity index is 521. The topological polar surface area (TPSA) is 99.3 Å². The van der Waals surface area contributed by atoms with Gasteiger partial charge in [0, 0.05) is 25.2 Å². The lowest BCUT2D eigenvalue weighted by Gasteiger charge is -2.18. The molecule has 0 saturated heterocycles. The normalized spacial score (nSPS) is 11.7. The number of hydrogen-bond acceptors (Lipinski definition) is 3. The van der Waals surface area contributed by atoms with Crippen molar-refractivity contribution in [3.63, 3.8) is 0 Å². The van der Waals surface area contributed by atoms with Crippen LogP contribution >= 0.6 is 0 Å².